The van der Waals surface area contributed by atoms with E-state index in [9.17, 15) is 0 Å². The third kappa shape index (κ3) is 5.64. The lowest BCUT2D eigenvalue weighted by atomic mass is 9.78. The summed E-state index contributed by atoms with van der Waals surface area (Å²) in [6, 6.07) is 1.37. The van der Waals surface area contributed by atoms with Crippen LogP contribution in [0.2, 0.25) is 64.0 Å². The van der Waals surface area contributed by atoms with Crippen LogP contribution in [-0.2, 0) is 8.23 Å². The van der Waals surface area contributed by atoms with Crippen LogP contribution in [0.3, 0.4) is 0 Å². The second kappa shape index (κ2) is 8.21. The van der Waals surface area contributed by atoms with Crippen molar-refractivity contribution in [3.05, 3.63) is 0 Å². The summed E-state index contributed by atoms with van der Waals surface area (Å²) in [6.07, 6.45) is 7.40. The van der Waals surface area contributed by atoms with Crippen molar-refractivity contribution >= 4 is 34.7 Å². The van der Waals surface area contributed by atoms with E-state index in [1.54, 1.807) is 0 Å². The maximum Gasteiger partial charge on any atom is 0.176 e. The largest absolute Gasteiger partial charge is 0.458 e. The Labute approximate surface area is 156 Å². The Morgan fingerprint density at radius 2 is 1.50 bits per heavy atom. The molecule has 2 nitrogen and oxygen atoms in total. The van der Waals surface area contributed by atoms with Crippen LogP contribution in [0.5, 0.6) is 0 Å². The first kappa shape index (κ1) is 21.1. The lowest BCUT2D eigenvalue weighted by Gasteiger charge is -2.39. The summed E-state index contributed by atoms with van der Waals surface area (Å²) in [5.41, 5.74) is 0.926. The summed E-state index contributed by atoms with van der Waals surface area (Å²) in [5, 5.41) is 0. The summed E-state index contributed by atoms with van der Waals surface area (Å²) in [5.74, 6) is 2.95. The molecule has 0 aliphatic heterocycles. The Bertz CT molecular complexity index is 412. The topological polar surface area (TPSA) is 18.5 Å². The van der Waals surface area contributed by atoms with Gasteiger partial charge in [-0.05, 0) is 101 Å². The van der Waals surface area contributed by atoms with Gasteiger partial charge in [0.1, 0.15) is 0 Å². The molecular formula is C18H42O2Si4. The van der Waals surface area contributed by atoms with Crippen LogP contribution in [0.4, 0.5) is 0 Å². The average molecular weight is 403 g/mol. The van der Waals surface area contributed by atoms with Crippen molar-refractivity contribution < 1.29 is 8.23 Å². The maximum atomic E-state index is 6.64. The van der Waals surface area contributed by atoms with E-state index < -0.39 is 34.7 Å². The molecule has 0 aromatic rings. The monoisotopic (exact) mass is 402 g/mol. The Kier molecular flexibility index (Phi) is 7.22. The van der Waals surface area contributed by atoms with Gasteiger partial charge in [-0.15, -0.1) is 0 Å². The molecule has 0 N–H and O–H groups in total. The SMILES string of the molecule is C[SiH](C)O[Si](C)(C)CCC1CCC2CC1C([Si](C)(C)O[SiH](C)C)C2. The van der Waals surface area contributed by atoms with Crippen LogP contribution < -0.4 is 0 Å². The first-order valence-corrected chi connectivity index (χ1v) is 22.0. The van der Waals surface area contributed by atoms with E-state index in [1.165, 1.54) is 38.1 Å². The highest BCUT2D eigenvalue weighted by atomic mass is 28.4. The standard InChI is InChI=1S/C18H42O2Si4/c1-21(2)19-23(5,6)12-11-16-10-9-15-13-17(16)18(14-15)24(7,8)20-22(3)4/h15-18,21-22H,9-14H2,1-8H3. The third-order valence-electron chi connectivity index (χ3n) is 6.37. The van der Waals surface area contributed by atoms with E-state index in [2.05, 4.69) is 52.4 Å². The van der Waals surface area contributed by atoms with Gasteiger partial charge in [0.05, 0.1) is 0 Å². The molecule has 24 heavy (non-hydrogen) atoms. The Morgan fingerprint density at radius 3 is 2.08 bits per heavy atom. The van der Waals surface area contributed by atoms with Gasteiger partial charge in [0.25, 0.3) is 0 Å². The van der Waals surface area contributed by atoms with Crippen molar-refractivity contribution in [1.82, 2.24) is 0 Å². The predicted molar refractivity (Wildman–Crippen MR) is 117 cm³/mol. The highest BCUT2D eigenvalue weighted by Crippen LogP contribution is 2.57. The summed E-state index contributed by atoms with van der Waals surface area (Å²) in [6.45, 7) is 19.3. The summed E-state index contributed by atoms with van der Waals surface area (Å²) in [7, 11) is -4.74. The van der Waals surface area contributed by atoms with Gasteiger partial charge in [0.15, 0.2) is 34.7 Å². The zero-order chi connectivity index (χ0) is 18.1. The minimum absolute atomic E-state index is 0.888. The van der Waals surface area contributed by atoms with Gasteiger partial charge in [-0.3, -0.25) is 0 Å². The molecule has 2 aliphatic carbocycles. The normalized spacial score (nSPS) is 31.2. The molecule has 6 heteroatoms. The van der Waals surface area contributed by atoms with Crippen LogP contribution in [0.15, 0.2) is 0 Å². The van der Waals surface area contributed by atoms with Gasteiger partial charge in [-0.2, -0.15) is 0 Å². The first-order chi connectivity index (χ1) is 11.0. The molecule has 0 amide bonds. The van der Waals surface area contributed by atoms with Crippen molar-refractivity contribution in [2.45, 2.75) is 96.1 Å². The minimum atomic E-state index is -1.51. The van der Waals surface area contributed by atoms with Gasteiger partial charge in [-0.25, -0.2) is 0 Å². The van der Waals surface area contributed by atoms with E-state index in [1.807, 2.05) is 0 Å². The predicted octanol–water partition coefficient (Wildman–Crippen LogP) is 5.59. The molecule has 142 valence electrons. The van der Waals surface area contributed by atoms with E-state index in [0.29, 0.717) is 0 Å². The molecular weight excluding hydrogens is 361 g/mol. The molecule has 0 spiro atoms. The molecule has 2 saturated carbocycles. The van der Waals surface area contributed by atoms with Gasteiger partial charge < -0.3 is 8.23 Å². The summed E-state index contributed by atoms with van der Waals surface area (Å²) >= 11 is 0. The molecule has 2 rings (SSSR count). The molecule has 0 heterocycles. The molecule has 0 aromatic heterocycles. The number of rotatable bonds is 8. The second-order valence-electron chi connectivity index (χ2n) is 10.2. The quantitative estimate of drug-likeness (QED) is 0.492. The minimum Gasteiger partial charge on any atom is -0.458 e. The zero-order valence-corrected chi connectivity index (χ0v) is 21.8. The van der Waals surface area contributed by atoms with E-state index in [0.717, 1.165) is 23.3 Å². The molecule has 4 atom stereocenters. The third-order valence-corrected chi connectivity index (χ3v) is 19.1. The summed E-state index contributed by atoms with van der Waals surface area (Å²) < 4.78 is 13.1. The van der Waals surface area contributed by atoms with Crippen molar-refractivity contribution in [2.24, 2.45) is 17.8 Å². The van der Waals surface area contributed by atoms with E-state index in [4.69, 9.17) is 8.23 Å². The first-order valence-electron chi connectivity index (χ1n) is 10.4. The highest BCUT2D eigenvalue weighted by Gasteiger charge is 2.50. The van der Waals surface area contributed by atoms with Crippen molar-refractivity contribution in [2.75, 3.05) is 0 Å². The molecule has 2 fully saturated rings. The van der Waals surface area contributed by atoms with Crippen LogP contribution in [0.1, 0.15) is 32.1 Å². The molecule has 0 radical (unpaired) electrons. The number of hydrogen-bond acceptors (Lipinski definition) is 2. The smallest absolute Gasteiger partial charge is 0.176 e. The van der Waals surface area contributed by atoms with Gasteiger partial charge in [-0.1, -0.05) is 12.8 Å². The van der Waals surface area contributed by atoms with Crippen LogP contribution in [0, 0.1) is 17.8 Å². The molecule has 2 bridgehead atoms. The fraction of sp³-hybridized carbons (Fsp3) is 1.00. The van der Waals surface area contributed by atoms with Crippen molar-refractivity contribution in [3.8, 4) is 0 Å². The average Bonchev–Trinajstić information content (AvgIpc) is 2.74. The molecule has 0 saturated heterocycles. The zero-order valence-electron chi connectivity index (χ0n) is 17.5. The van der Waals surface area contributed by atoms with Crippen LogP contribution in [-0.4, -0.2) is 34.7 Å². The molecule has 0 aromatic carbocycles. The molecule has 4 unspecified atom stereocenters. The fourth-order valence-corrected chi connectivity index (χ4v) is 20.2. The number of hydrogen-bond donors (Lipinski definition) is 0. The van der Waals surface area contributed by atoms with Crippen molar-refractivity contribution in [1.29, 1.82) is 0 Å². The van der Waals surface area contributed by atoms with E-state index >= 15 is 0 Å². The van der Waals surface area contributed by atoms with Crippen LogP contribution in [0.25, 0.3) is 0 Å². The Morgan fingerprint density at radius 1 is 0.875 bits per heavy atom. The molecule has 2 aliphatic rings. The Hall–Kier alpha value is 0.788. The number of fused-ring (bicyclic) bond motifs is 2. The Balaban J connectivity index is 1.99. The lowest BCUT2D eigenvalue weighted by molar-refractivity contribution is 0.234. The summed E-state index contributed by atoms with van der Waals surface area (Å²) in [4.78, 5) is 0. The highest BCUT2D eigenvalue weighted by molar-refractivity contribution is 6.79. The van der Waals surface area contributed by atoms with E-state index in [-0.39, 0.29) is 0 Å². The van der Waals surface area contributed by atoms with Crippen molar-refractivity contribution in [3.63, 3.8) is 0 Å². The maximum absolute atomic E-state index is 6.64. The second-order valence-corrected chi connectivity index (χ2v) is 24.2. The van der Waals surface area contributed by atoms with Crippen LogP contribution >= 0.6 is 0 Å². The van der Waals surface area contributed by atoms with Gasteiger partial charge >= 0.3 is 0 Å². The lowest BCUT2D eigenvalue weighted by Crippen LogP contribution is -2.43. The van der Waals surface area contributed by atoms with Gasteiger partial charge in [0, 0.05) is 0 Å². The van der Waals surface area contributed by atoms with Gasteiger partial charge in [0.2, 0.25) is 0 Å². The fourth-order valence-electron chi connectivity index (χ4n) is 5.68.